The SMILES string of the molecule is CN1CCC(N2CCNCC(C)(C)S2(=O)=O)C1. The Morgan fingerprint density at radius 2 is 2.00 bits per heavy atom. The normalized spacial score (nSPS) is 34.6. The van der Waals surface area contributed by atoms with Crippen molar-refractivity contribution in [3.8, 4) is 0 Å². The topological polar surface area (TPSA) is 52.6 Å². The molecule has 2 heterocycles. The van der Waals surface area contributed by atoms with Crippen LogP contribution in [-0.4, -0.2) is 68.2 Å². The highest BCUT2D eigenvalue weighted by atomic mass is 32.2. The van der Waals surface area contributed by atoms with Crippen LogP contribution in [0.25, 0.3) is 0 Å². The first kappa shape index (κ1) is 13.3. The summed E-state index contributed by atoms with van der Waals surface area (Å²) in [6, 6.07) is 0.157. The summed E-state index contributed by atoms with van der Waals surface area (Å²) in [5.74, 6) is 0. The second-order valence-corrected chi connectivity index (χ2v) is 8.28. The van der Waals surface area contributed by atoms with Crippen molar-refractivity contribution < 1.29 is 8.42 Å². The van der Waals surface area contributed by atoms with Gasteiger partial charge in [0.15, 0.2) is 0 Å². The largest absolute Gasteiger partial charge is 0.314 e. The van der Waals surface area contributed by atoms with Crippen molar-refractivity contribution in [1.82, 2.24) is 14.5 Å². The fourth-order valence-corrected chi connectivity index (χ4v) is 4.45. The van der Waals surface area contributed by atoms with Crippen LogP contribution >= 0.6 is 0 Å². The third-order valence-electron chi connectivity index (χ3n) is 3.84. The number of sulfonamides is 1. The average Bonchev–Trinajstić information content (AvgIpc) is 2.59. The van der Waals surface area contributed by atoms with Gasteiger partial charge < -0.3 is 10.2 Å². The highest BCUT2D eigenvalue weighted by molar-refractivity contribution is 7.90. The third kappa shape index (κ3) is 2.36. The van der Waals surface area contributed by atoms with Crippen LogP contribution in [0.5, 0.6) is 0 Å². The molecular weight excluding hydrogens is 238 g/mol. The van der Waals surface area contributed by atoms with E-state index in [4.69, 9.17) is 0 Å². The molecule has 6 heteroatoms. The molecule has 0 aromatic rings. The number of likely N-dealkylation sites (N-methyl/N-ethyl adjacent to an activating group) is 1. The van der Waals surface area contributed by atoms with Gasteiger partial charge in [0.25, 0.3) is 0 Å². The van der Waals surface area contributed by atoms with Crippen LogP contribution in [0.1, 0.15) is 20.3 Å². The van der Waals surface area contributed by atoms with Crippen molar-refractivity contribution in [1.29, 1.82) is 0 Å². The van der Waals surface area contributed by atoms with E-state index in [1.165, 1.54) is 0 Å². The van der Waals surface area contributed by atoms with Gasteiger partial charge in [-0.25, -0.2) is 8.42 Å². The Hall–Kier alpha value is -0.170. The highest BCUT2D eigenvalue weighted by Crippen LogP contribution is 2.27. The summed E-state index contributed by atoms with van der Waals surface area (Å²) in [5.41, 5.74) is 0. The Morgan fingerprint density at radius 3 is 2.59 bits per heavy atom. The minimum Gasteiger partial charge on any atom is -0.314 e. The van der Waals surface area contributed by atoms with E-state index in [1.54, 1.807) is 4.31 Å². The molecule has 2 fully saturated rings. The van der Waals surface area contributed by atoms with Crippen molar-refractivity contribution in [2.75, 3.05) is 39.8 Å². The molecule has 0 aromatic carbocycles. The monoisotopic (exact) mass is 261 g/mol. The fourth-order valence-electron chi connectivity index (χ4n) is 2.63. The van der Waals surface area contributed by atoms with E-state index in [2.05, 4.69) is 10.2 Å². The molecule has 1 atom stereocenters. The zero-order chi connectivity index (χ0) is 12.7. The zero-order valence-electron chi connectivity index (χ0n) is 10.9. The maximum Gasteiger partial charge on any atom is 0.220 e. The van der Waals surface area contributed by atoms with Crippen molar-refractivity contribution in [2.24, 2.45) is 0 Å². The Bertz CT molecular complexity index is 380. The molecule has 5 nitrogen and oxygen atoms in total. The van der Waals surface area contributed by atoms with Crippen LogP contribution in [0.3, 0.4) is 0 Å². The quantitative estimate of drug-likeness (QED) is 0.704. The second-order valence-electron chi connectivity index (χ2n) is 5.76. The first-order valence-corrected chi connectivity index (χ1v) is 7.69. The standard InChI is InChI=1S/C11H23N3O2S/c1-11(2)9-12-5-7-14(17(11,15)16)10-4-6-13(3)8-10/h10,12H,4-9H2,1-3H3. The zero-order valence-corrected chi connectivity index (χ0v) is 11.8. The number of rotatable bonds is 1. The van der Waals surface area contributed by atoms with Gasteiger partial charge in [0.1, 0.15) is 0 Å². The molecule has 0 aromatic heterocycles. The Labute approximate surface area is 104 Å². The number of nitrogens with zero attached hydrogens (tertiary/aromatic N) is 2. The van der Waals surface area contributed by atoms with Crippen LogP contribution in [-0.2, 0) is 10.0 Å². The summed E-state index contributed by atoms with van der Waals surface area (Å²) in [6.07, 6.45) is 0.950. The molecule has 0 radical (unpaired) electrons. The highest BCUT2D eigenvalue weighted by Gasteiger charge is 2.44. The molecule has 0 aliphatic carbocycles. The number of hydrogen-bond donors (Lipinski definition) is 1. The van der Waals surface area contributed by atoms with Crippen LogP contribution in [0.4, 0.5) is 0 Å². The first-order valence-electron chi connectivity index (χ1n) is 6.25. The molecule has 1 N–H and O–H groups in total. The molecule has 0 saturated carbocycles. The van der Waals surface area contributed by atoms with E-state index >= 15 is 0 Å². The van der Waals surface area contributed by atoms with Crippen LogP contribution < -0.4 is 5.32 Å². The molecule has 0 spiro atoms. The average molecular weight is 261 g/mol. The minimum absolute atomic E-state index is 0.157. The Morgan fingerprint density at radius 1 is 1.29 bits per heavy atom. The predicted octanol–water partition coefficient (Wildman–Crippen LogP) is -0.296. The lowest BCUT2D eigenvalue weighted by atomic mass is 10.2. The molecule has 0 amide bonds. The summed E-state index contributed by atoms with van der Waals surface area (Å²) in [5, 5.41) is 3.22. The maximum absolute atomic E-state index is 12.6. The number of hydrogen-bond acceptors (Lipinski definition) is 4. The van der Waals surface area contributed by atoms with Crippen LogP contribution in [0.15, 0.2) is 0 Å². The summed E-state index contributed by atoms with van der Waals surface area (Å²) in [6.45, 7) is 7.36. The van der Waals surface area contributed by atoms with Gasteiger partial charge in [-0.1, -0.05) is 0 Å². The van der Waals surface area contributed by atoms with Gasteiger partial charge in [-0.2, -0.15) is 4.31 Å². The van der Waals surface area contributed by atoms with Gasteiger partial charge in [-0.3, -0.25) is 0 Å². The molecule has 1 unspecified atom stereocenters. The Kier molecular flexibility index (Phi) is 3.51. The molecule has 2 aliphatic rings. The first-order chi connectivity index (χ1) is 7.84. The molecule has 100 valence electrons. The lowest BCUT2D eigenvalue weighted by Gasteiger charge is -2.32. The van der Waals surface area contributed by atoms with Crippen LogP contribution in [0, 0.1) is 0 Å². The van der Waals surface area contributed by atoms with E-state index in [0.717, 1.165) is 26.1 Å². The molecule has 2 saturated heterocycles. The lowest BCUT2D eigenvalue weighted by Crippen LogP contribution is -2.50. The van der Waals surface area contributed by atoms with Gasteiger partial charge in [-0.15, -0.1) is 0 Å². The van der Waals surface area contributed by atoms with E-state index < -0.39 is 14.8 Å². The maximum atomic E-state index is 12.6. The van der Waals surface area contributed by atoms with Gasteiger partial charge in [-0.05, 0) is 33.9 Å². The van der Waals surface area contributed by atoms with Crippen molar-refractivity contribution in [3.63, 3.8) is 0 Å². The van der Waals surface area contributed by atoms with Crippen molar-refractivity contribution >= 4 is 10.0 Å². The number of likely N-dealkylation sites (tertiary alicyclic amines) is 1. The van der Waals surface area contributed by atoms with Crippen LogP contribution in [0.2, 0.25) is 0 Å². The van der Waals surface area contributed by atoms with Gasteiger partial charge in [0, 0.05) is 32.2 Å². The fraction of sp³-hybridized carbons (Fsp3) is 1.00. The van der Waals surface area contributed by atoms with E-state index in [0.29, 0.717) is 13.1 Å². The van der Waals surface area contributed by atoms with E-state index in [1.807, 2.05) is 20.9 Å². The lowest BCUT2D eigenvalue weighted by molar-refractivity contribution is 0.311. The molecule has 0 bridgehead atoms. The van der Waals surface area contributed by atoms with Gasteiger partial charge in [0.05, 0.1) is 4.75 Å². The molecule has 17 heavy (non-hydrogen) atoms. The van der Waals surface area contributed by atoms with Crippen molar-refractivity contribution in [3.05, 3.63) is 0 Å². The molecule has 2 aliphatic heterocycles. The summed E-state index contributed by atoms with van der Waals surface area (Å²) < 4.78 is 26.3. The van der Waals surface area contributed by atoms with Gasteiger partial charge >= 0.3 is 0 Å². The molecular formula is C11H23N3O2S. The smallest absolute Gasteiger partial charge is 0.220 e. The molecule has 2 rings (SSSR count). The summed E-state index contributed by atoms with van der Waals surface area (Å²) in [7, 11) is -1.15. The number of nitrogens with one attached hydrogen (secondary N) is 1. The summed E-state index contributed by atoms with van der Waals surface area (Å²) >= 11 is 0. The van der Waals surface area contributed by atoms with E-state index in [9.17, 15) is 8.42 Å². The third-order valence-corrected chi connectivity index (χ3v) is 6.48. The Balaban J connectivity index is 2.25. The summed E-state index contributed by atoms with van der Waals surface area (Å²) in [4.78, 5) is 2.20. The van der Waals surface area contributed by atoms with Crippen molar-refractivity contribution in [2.45, 2.75) is 31.1 Å². The second kappa shape index (κ2) is 4.50. The predicted molar refractivity (Wildman–Crippen MR) is 68.5 cm³/mol. The van der Waals surface area contributed by atoms with Gasteiger partial charge in [0.2, 0.25) is 10.0 Å². The minimum atomic E-state index is -3.20. The van der Waals surface area contributed by atoms with E-state index in [-0.39, 0.29) is 6.04 Å².